The zero-order chi connectivity index (χ0) is 11.4. The summed E-state index contributed by atoms with van der Waals surface area (Å²) in [5, 5.41) is 8.32. The maximum Gasteiger partial charge on any atom is 0.373 e. The third kappa shape index (κ3) is 2.67. The summed E-state index contributed by atoms with van der Waals surface area (Å²) < 4.78 is 9.27. The molecule has 1 aromatic heterocycles. The Labute approximate surface area is 84.4 Å². The Morgan fingerprint density at radius 2 is 2.07 bits per heavy atom. The lowest BCUT2D eigenvalue weighted by molar-refractivity contribution is -0.148. The van der Waals surface area contributed by atoms with Gasteiger partial charge in [-0.25, -0.2) is 9.59 Å². The van der Waals surface area contributed by atoms with Crippen LogP contribution in [0.25, 0.3) is 0 Å². The zero-order valence-corrected chi connectivity index (χ0v) is 7.85. The Hall–Kier alpha value is -2.11. The number of furan rings is 1. The Kier molecular flexibility index (Phi) is 3.22. The van der Waals surface area contributed by atoms with Crippen molar-refractivity contribution in [3.63, 3.8) is 0 Å². The second kappa shape index (κ2) is 4.41. The predicted octanol–water partition coefficient (Wildman–Crippen LogP) is 0.262. The first-order chi connectivity index (χ1) is 7.04. The van der Waals surface area contributed by atoms with E-state index < -0.39 is 17.7 Å². The van der Waals surface area contributed by atoms with Gasteiger partial charge in [0.25, 0.3) is 0 Å². The molecule has 1 N–H and O–H groups in total. The molecular formula is C9H8O6. The van der Waals surface area contributed by atoms with E-state index in [1.165, 1.54) is 19.2 Å². The van der Waals surface area contributed by atoms with Crippen LogP contribution in [0.3, 0.4) is 0 Å². The summed E-state index contributed by atoms with van der Waals surface area (Å²) in [6, 6.07) is 2.67. The molecule has 0 radical (unpaired) electrons. The zero-order valence-electron chi connectivity index (χ0n) is 7.85. The largest absolute Gasteiger partial charge is 0.475 e. The minimum atomic E-state index is -1.54. The molecule has 0 spiro atoms. The van der Waals surface area contributed by atoms with E-state index in [-0.39, 0.29) is 17.9 Å². The van der Waals surface area contributed by atoms with Crippen LogP contribution in [0.15, 0.2) is 16.5 Å². The van der Waals surface area contributed by atoms with Gasteiger partial charge >= 0.3 is 11.9 Å². The molecule has 15 heavy (non-hydrogen) atoms. The number of esters is 1. The van der Waals surface area contributed by atoms with Crippen LogP contribution in [0.4, 0.5) is 0 Å². The molecule has 6 nitrogen and oxygen atoms in total. The first-order valence-electron chi connectivity index (χ1n) is 3.97. The number of carbonyl (C=O) groups excluding carboxylic acids is 2. The number of rotatable bonds is 4. The molecule has 0 amide bonds. The van der Waals surface area contributed by atoms with Crippen molar-refractivity contribution in [2.45, 2.75) is 6.42 Å². The average molecular weight is 212 g/mol. The van der Waals surface area contributed by atoms with Crippen molar-refractivity contribution >= 4 is 17.7 Å². The quantitative estimate of drug-likeness (QED) is 0.568. The number of hydrogen-bond donors (Lipinski definition) is 1. The van der Waals surface area contributed by atoms with E-state index in [2.05, 4.69) is 4.74 Å². The molecule has 0 saturated carbocycles. The van der Waals surface area contributed by atoms with E-state index in [9.17, 15) is 14.4 Å². The number of carboxylic acid groups (broad SMARTS) is 1. The highest BCUT2D eigenvalue weighted by atomic mass is 16.5. The summed E-state index contributed by atoms with van der Waals surface area (Å²) in [6.07, 6.45) is -0.383. The maximum absolute atomic E-state index is 10.9. The van der Waals surface area contributed by atoms with Crippen molar-refractivity contribution in [3.8, 4) is 0 Å². The third-order valence-electron chi connectivity index (χ3n) is 1.62. The smallest absolute Gasteiger partial charge is 0.373 e. The number of aliphatic carboxylic acids is 1. The Bertz CT molecular complexity index is 402. The van der Waals surface area contributed by atoms with Crippen LogP contribution in [0, 0.1) is 0 Å². The molecule has 1 heterocycles. The monoisotopic (exact) mass is 212 g/mol. The van der Waals surface area contributed by atoms with E-state index in [0.717, 1.165) is 0 Å². The van der Waals surface area contributed by atoms with Gasteiger partial charge in [-0.2, -0.15) is 0 Å². The fraction of sp³-hybridized carbons (Fsp3) is 0.222. The van der Waals surface area contributed by atoms with E-state index in [4.69, 9.17) is 9.52 Å². The minimum Gasteiger partial charge on any atom is -0.475 e. The van der Waals surface area contributed by atoms with Gasteiger partial charge in [0.15, 0.2) is 0 Å². The molecule has 80 valence electrons. The van der Waals surface area contributed by atoms with E-state index in [0.29, 0.717) is 0 Å². The molecule has 0 fully saturated rings. The standard InChI is InChI=1S/C9H8O6/c1-14-9(13)7-3-2-5(15-7)4-6(10)8(11)12/h2-3H,4H2,1H3,(H,11,12). The van der Waals surface area contributed by atoms with Gasteiger partial charge in [0, 0.05) is 0 Å². The molecule has 6 heteroatoms. The van der Waals surface area contributed by atoms with Crippen LogP contribution in [-0.4, -0.2) is 29.9 Å². The molecule has 0 aliphatic carbocycles. The second-order valence-electron chi connectivity index (χ2n) is 2.66. The van der Waals surface area contributed by atoms with E-state index in [1.807, 2.05) is 0 Å². The second-order valence-corrected chi connectivity index (χ2v) is 2.66. The highest BCUT2D eigenvalue weighted by molar-refractivity contribution is 6.33. The topological polar surface area (TPSA) is 93.8 Å². The van der Waals surface area contributed by atoms with Gasteiger partial charge in [0.2, 0.25) is 11.5 Å². The van der Waals surface area contributed by atoms with Crippen LogP contribution >= 0.6 is 0 Å². The van der Waals surface area contributed by atoms with Gasteiger partial charge in [0.05, 0.1) is 13.5 Å². The Morgan fingerprint density at radius 3 is 2.60 bits per heavy atom. The summed E-state index contributed by atoms with van der Waals surface area (Å²) >= 11 is 0. The molecule has 0 aromatic carbocycles. The number of Topliss-reactive ketones (excluding diaryl/α,β-unsaturated/α-hetero) is 1. The number of methoxy groups -OCH3 is 1. The van der Waals surface area contributed by atoms with Crippen molar-refractivity contribution in [2.24, 2.45) is 0 Å². The van der Waals surface area contributed by atoms with E-state index in [1.54, 1.807) is 0 Å². The van der Waals surface area contributed by atoms with Gasteiger partial charge in [-0.05, 0) is 12.1 Å². The normalized spacial score (nSPS) is 9.67. The van der Waals surface area contributed by atoms with Crippen LogP contribution in [0.2, 0.25) is 0 Å². The van der Waals surface area contributed by atoms with Gasteiger partial charge in [0.1, 0.15) is 5.76 Å². The fourth-order valence-corrected chi connectivity index (χ4v) is 0.917. The fourth-order valence-electron chi connectivity index (χ4n) is 0.917. The summed E-state index contributed by atoms with van der Waals surface area (Å²) in [4.78, 5) is 31.9. The highest BCUT2D eigenvalue weighted by Crippen LogP contribution is 2.09. The van der Waals surface area contributed by atoms with Crippen LogP contribution in [-0.2, 0) is 20.7 Å². The van der Waals surface area contributed by atoms with Crippen molar-refractivity contribution in [2.75, 3.05) is 7.11 Å². The minimum absolute atomic E-state index is 0.0642. The van der Waals surface area contributed by atoms with Crippen molar-refractivity contribution < 1.29 is 28.6 Å². The summed E-state index contributed by atoms with van der Waals surface area (Å²) in [6.45, 7) is 0. The van der Waals surface area contributed by atoms with Crippen LogP contribution in [0.1, 0.15) is 16.3 Å². The van der Waals surface area contributed by atoms with Crippen molar-refractivity contribution in [3.05, 3.63) is 23.7 Å². The van der Waals surface area contributed by atoms with Gasteiger partial charge in [-0.3, -0.25) is 4.79 Å². The van der Waals surface area contributed by atoms with Gasteiger partial charge < -0.3 is 14.3 Å². The number of hydrogen-bond acceptors (Lipinski definition) is 5. The lowest BCUT2D eigenvalue weighted by atomic mass is 10.2. The molecular weight excluding hydrogens is 204 g/mol. The molecule has 0 aliphatic rings. The van der Waals surface area contributed by atoms with Crippen molar-refractivity contribution in [1.29, 1.82) is 0 Å². The SMILES string of the molecule is COC(=O)c1ccc(CC(=O)C(=O)O)o1. The summed E-state index contributed by atoms with van der Waals surface area (Å²) in [5.74, 6) is -3.16. The van der Waals surface area contributed by atoms with Crippen LogP contribution < -0.4 is 0 Å². The number of carbonyl (C=O) groups is 3. The lowest BCUT2D eigenvalue weighted by Gasteiger charge is -1.93. The molecule has 0 unspecified atom stereocenters. The van der Waals surface area contributed by atoms with Gasteiger partial charge in [-0.1, -0.05) is 0 Å². The molecule has 0 saturated heterocycles. The average Bonchev–Trinajstić information content (AvgIpc) is 2.65. The predicted molar refractivity (Wildman–Crippen MR) is 46.4 cm³/mol. The highest BCUT2D eigenvalue weighted by Gasteiger charge is 2.17. The van der Waals surface area contributed by atoms with Crippen LogP contribution in [0.5, 0.6) is 0 Å². The molecule has 0 aliphatic heterocycles. The van der Waals surface area contributed by atoms with E-state index >= 15 is 0 Å². The number of ether oxygens (including phenoxy) is 1. The van der Waals surface area contributed by atoms with Crippen molar-refractivity contribution in [1.82, 2.24) is 0 Å². The first kappa shape index (κ1) is 11.0. The third-order valence-corrected chi connectivity index (χ3v) is 1.62. The number of carboxylic acids is 1. The Balaban J connectivity index is 2.73. The van der Waals surface area contributed by atoms with Gasteiger partial charge in [-0.15, -0.1) is 0 Å². The molecule has 0 bridgehead atoms. The first-order valence-corrected chi connectivity index (χ1v) is 3.97. The molecule has 1 aromatic rings. The number of ketones is 1. The summed E-state index contributed by atoms with van der Waals surface area (Å²) in [7, 11) is 1.19. The Morgan fingerprint density at radius 1 is 1.40 bits per heavy atom. The lowest BCUT2D eigenvalue weighted by Crippen LogP contribution is -2.14. The summed E-state index contributed by atoms with van der Waals surface area (Å²) in [5.41, 5.74) is 0. The molecule has 0 atom stereocenters. The molecule has 1 rings (SSSR count). The maximum atomic E-state index is 10.9.